The van der Waals surface area contributed by atoms with Crippen molar-refractivity contribution in [2.45, 2.75) is 97.3 Å². The smallest absolute Gasteiger partial charge is 0.234 e. The monoisotopic (exact) mass is 441 g/mol. The van der Waals surface area contributed by atoms with Crippen molar-refractivity contribution >= 4 is 23.7 Å². The molecule has 3 atom stereocenters. The second kappa shape index (κ2) is 12.7. The molecule has 0 spiro atoms. The van der Waals surface area contributed by atoms with Gasteiger partial charge in [0.05, 0.1) is 0 Å². The van der Waals surface area contributed by atoms with Crippen LogP contribution in [0.2, 0.25) is 0 Å². The average Bonchev–Trinajstić information content (AvgIpc) is 3.34. The third-order valence-electron chi connectivity index (χ3n) is 6.65. The largest absolute Gasteiger partial charge is 0.295 e. The maximum Gasteiger partial charge on any atom is 0.234 e. The Morgan fingerprint density at radius 1 is 0.781 bits per heavy atom. The van der Waals surface area contributed by atoms with E-state index in [1.807, 2.05) is 0 Å². The van der Waals surface area contributed by atoms with Gasteiger partial charge >= 0.3 is 0 Å². The molecule has 3 unspecified atom stereocenters. The first-order chi connectivity index (χ1) is 15.5. The van der Waals surface area contributed by atoms with Crippen LogP contribution in [0.4, 0.5) is 11.9 Å². The lowest BCUT2D eigenvalue weighted by atomic mass is 9.88. The summed E-state index contributed by atoms with van der Waals surface area (Å²) in [6.07, 6.45) is 21.4. The summed E-state index contributed by atoms with van der Waals surface area (Å²) in [5, 5.41) is 5.13. The van der Waals surface area contributed by atoms with E-state index in [1.54, 1.807) is 0 Å². The van der Waals surface area contributed by atoms with E-state index in [2.05, 4.69) is 37.7 Å². The topological polar surface area (TPSA) is 96.9 Å². The summed E-state index contributed by atoms with van der Waals surface area (Å²) in [6.45, 7) is 2.80. The lowest BCUT2D eigenvalue weighted by molar-refractivity contribution is -0.115. The van der Waals surface area contributed by atoms with Crippen molar-refractivity contribution < 1.29 is 9.59 Å². The maximum atomic E-state index is 11.3. The summed E-state index contributed by atoms with van der Waals surface area (Å²) in [7, 11) is 0. The Hall–Kier alpha value is -2.31. The van der Waals surface area contributed by atoms with Crippen molar-refractivity contribution in [1.82, 2.24) is 15.0 Å². The molecule has 1 aromatic rings. The second-order valence-electron chi connectivity index (χ2n) is 9.52. The van der Waals surface area contributed by atoms with Crippen LogP contribution in [0.15, 0.2) is 12.2 Å². The minimum Gasteiger partial charge on any atom is -0.295 e. The number of rotatable bonds is 14. The molecule has 1 heterocycles. The van der Waals surface area contributed by atoms with Gasteiger partial charge < -0.3 is 0 Å². The maximum absolute atomic E-state index is 11.3. The molecule has 2 N–H and O–H groups in total. The average molecular weight is 442 g/mol. The molecule has 0 aromatic carbocycles. The zero-order valence-corrected chi connectivity index (χ0v) is 19.7. The van der Waals surface area contributed by atoms with Crippen LogP contribution < -0.4 is 10.6 Å². The minimum atomic E-state index is -0.251. The quantitative estimate of drug-likeness (QED) is 0.296. The predicted octanol–water partition coefficient (Wildman–Crippen LogP) is 5.44. The van der Waals surface area contributed by atoms with E-state index in [1.165, 1.54) is 78.1 Å². The second-order valence-corrected chi connectivity index (χ2v) is 9.52. The molecule has 1 saturated carbocycles. The molecule has 2 aliphatic carbocycles. The first kappa shape index (κ1) is 24.3. The summed E-state index contributed by atoms with van der Waals surface area (Å²) in [5.41, 5.74) is 0. The van der Waals surface area contributed by atoms with E-state index in [-0.39, 0.29) is 23.7 Å². The van der Waals surface area contributed by atoms with Gasteiger partial charge in [-0.05, 0) is 43.4 Å². The Labute approximate surface area is 192 Å². The Bertz CT molecular complexity index is 760. The number of anilines is 2. The van der Waals surface area contributed by atoms with Crippen LogP contribution in [0, 0.1) is 17.8 Å². The zero-order valence-electron chi connectivity index (χ0n) is 19.7. The lowest BCUT2D eigenvalue weighted by Gasteiger charge is -2.17. The summed E-state index contributed by atoms with van der Waals surface area (Å²) in [5.74, 6) is 3.26. The summed E-state index contributed by atoms with van der Waals surface area (Å²) in [6, 6.07) is 0. The third kappa shape index (κ3) is 8.32. The summed E-state index contributed by atoms with van der Waals surface area (Å²) in [4.78, 5) is 35.2. The van der Waals surface area contributed by atoms with Crippen molar-refractivity contribution in [2.75, 3.05) is 10.6 Å². The van der Waals surface area contributed by atoms with Crippen LogP contribution in [-0.4, -0.2) is 26.8 Å². The fourth-order valence-electron chi connectivity index (χ4n) is 5.11. The number of amides is 2. The lowest BCUT2D eigenvalue weighted by Crippen LogP contribution is -2.16. The van der Waals surface area contributed by atoms with Gasteiger partial charge in [0.2, 0.25) is 23.7 Å². The van der Waals surface area contributed by atoms with Gasteiger partial charge in [0.15, 0.2) is 0 Å². The number of hydrogen-bond donors (Lipinski definition) is 2. The Balaban J connectivity index is 1.22. The van der Waals surface area contributed by atoms with Crippen LogP contribution in [0.25, 0.3) is 0 Å². The minimum absolute atomic E-state index is 0.183. The Morgan fingerprint density at radius 3 is 1.84 bits per heavy atom. The molecule has 2 amide bonds. The van der Waals surface area contributed by atoms with Crippen molar-refractivity contribution in [3.63, 3.8) is 0 Å². The molecule has 2 aliphatic rings. The number of allylic oxidation sites excluding steroid dienone is 2. The van der Waals surface area contributed by atoms with Crippen LogP contribution in [-0.2, 0) is 16.0 Å². The molecular weight excluding hydrogens is 402 g/mol. The molecule has 32 heavy (non-hydrogen) atoms. The molecule has 2 bridgehead atoms. The normalized spacial score (nSPS) is 21.1. The number of nitrogens with zero attached hydrogens (tertiary/aromatic N) is 3. The van der Waals surface area contributed by atoms with Gasteiger partial charge in [0.25, 0.3) is 0 Å². The van der Waals surface area contributed by atoms with Gasteiger partial charge in [-0.15, -0.1) is 0 Å². The number of nitrogens with one attached hydrogen (secondary N) is 2. The van der Waals surface area contributed by atoms with Crippen LogP contribution in [0.1, 0.15) is 96.7 Å². The highest BCUT2D eigenvalue weighted by Gasteiger charge is 2.34. The molecule has 7 heteroatoms. The molecule has 7 nitrogen and oxygen atoms in total. The molecule has 1 aromatic heterocycles. The number of hydrogen-bond acceptors (Lipinski definition) is 5. The molecule has 0 aliphatic heterocycles. The number of fused-ring (bicyclic) bond motifs is 2. The number of aryl methyl sites for hydroxylation is 1. The van der Waals surface area contributed by atoms with Gasteiger partial charge in [-0.3, -0.25) is 20.2 Å². The van der Waals surface area contributed by atoms with E-state index < -0.39 is 0 Å². The van der Waals surface area contributed by atoms with E-state index in [0.29, 0.717) is 12.2 Å². The van der Waals surface area contributed by atoms with Crippen molar-refractivity contribution in [2.24, 2.45) is 17.8 Å². The first-order valence-electron chi connectivity index (χ1n) is 12.5. The fourth-order valence-corrected chi connectivity index (χ4v) is 5.11. The fraction of sp³-hybridized carbons (Fsp3) is 0.720. The van der Waals surface area contributed by atoms with E-state index >= 15 is 0 Å². The molecule has 0 radical (unpaired) electrons. The van der Waals surface area contributed by atoms with E-state index in [4.69, 9.17) is 0 Å². The standard InChI is InChI=1S/C25H39N5O2/c1-18(31)26-24-28-23(29-25(30-24)27-19(2)32)13-11-9-7-5-3-4-6-8-10-12-21-16-20-14-15-22(21)17-20/h14-15,20-22H,3-13,16-17H2,1-2H3,(H2,26,27,28,29,30,31,32). The molecule has 1 fully saturated rings. The number of unbranched alkanes of at least 4 members (excludes halogenated alkanes) is 8. The van der Waals surface area contributed by atoms with E-state index in [0.717, 1.165) is 30.6 Å². The van der Waals surface area contributed by atoms with E-state index in [9.17, 15) is 9.59 Å². The molecule has 3 rings (SSSR count). The van der Waals surface area contributed by atoms with Crippen LogP contribution in [0.5, 0.6) is 0 Å². The molecule has 0 saturated heterocycles. The highest BCUT2D eigenvalue weighted by Crippen LogP contribution is 2.45. The predicted molar refractivity (Wildman–Crippen MR) is 127 cm³/mol. The molecule has 176 valence electrons. The van der Waals surface area contributed by atoms with Gasteiger partial charge in [-0.1, -0.05) is 63.5 Å². The summed E-state index contributed by atoms with van der Waals surface area (Å²) < 4.78 is 0. The number of carbonyl (C=O) groups excluding carboxylic acids is 2. The van der Waals surface area contributed by atoms with Crippen LogP contribution >= 0.6 is 0 Å². The van der Waals surface area contributed by atoms with Crippen LogP contribution in [0.3, 0.4) is 0 Å². The Kier molecular flexibility index (Phi) is 9.62. The van der Waals surface area contributed by atoms with Gasteiger partial charge in [0, 0.05) is 20.3 Å². The van der Waals surface area contributed by atoms with Gasteiger partial charge in [-0.25, -0.2) is 0 Å². The van der Waals surface area contributed by atoms with Gasteiger partial charge in [0.1, 0.15) is 5.82 Å². The highest BCUT2D eigenvalue weighted by atomic mass is 16.2. The Morgan fingerprint density at radius 2 is 1.34 bits per heavy atom. The highest BCUT2D eigenvalue weighted by molar-refractivity contribution is 5.88. The number of aromatic nitrogens is 3. The van der Waals surface area contributed by atoms with Crippen molar-refractivity contribution in [1.29, 1.82) is 0 Å². The molecular formula is C25H39N5O2. The van der Waals surface area contributed by atoms with Crippen molar-refractivity contribution in [3.8, 4) is 0 Å². The van der Waals surface area contributed by atoms with Gasteiger partial charge in [-0.2, -0.15) is 15.0 Å². The summed E-state index contributed by atoms with van der Waals surface area (Å²) >= 11 is 0. The first-order valence-corrected chi connectivity index (χ1v) is 12.5. The number of carbonyl (C=O) groups is 2. The SMILES string of the molecule is CC(=O)Nc1nc(CCCCCCCCCCCC2CC3C=CC2C3)nc(NC(C)=O)n1. The zero-order chi connectivity index (χ0) is 22.8. The van der Waals surface area contributed by atoms with Crippen molar-refractivity contribution in [3.05, 3.63) is 18.0 Å². The third-order valence-corrected chi connectivity index (χ3v) is 6.65.